The average Bonchev–Trinajstić information content (AvgIpc) is 2.41. The minimum atomic E-state index is 0.396. The minimum Gasteiger partial charge on any atom is -0.198 e. The fourth-order valence-corrected chi connectivity index (χ4v) is 2.99. The molecule has 1 nitrogen and oxygen atoms in total. The van der Waals surface area contributed by atoms with E-state index < -0.39 is 0 Å². The molecule has 2 saturated carbocycles. The Hall–Kier alpha value is -0.510. The van der Waals surface area contributed by atoms with Crippen molar-refractivity contribution >= 4 is 0 Å². The smallest absolute Gasteiger partial charge is 0.0658 e. The van der Waals surface area contributed by atoms with Crippen LogP contribution in [0.5, 0.6) is 0 Å². The Kier molecular flexibility index (Phi) is 1.30. The van der Waals surface area contributed by atoms with E-state index >= 15 is 0 Å². The highest BCUT2D eigenvalue weighted by molar-refractivity contribution is 5.05. The van der Waals surface area contributed by atoms with Crippen LogP contribution in [0.25, 0.3) is 0 Å². The molecule has 11 heavy (non-hydrogen) atoms. The number of rotatable bonds is 0. The molecule has 0 radical (unpaired) electrons. The van der Waals surface area contributed by atoms with Gasteiger partial charge in [-0.3, -0.25) is 0 Å². The third-order valence-electron chi connectivity index (χ3n) is 3.75. The van der Waals surface area contributed by atoms with Crippen LogP contribution >= 0.6 is 0 Å². The first-order valence-corrected chi connectivity index (χ1v) is 4.53. The lowest BCUT2D eigenvalue weighted by Crippen LogP contribution is -2.23. The van der Waals surface area contributed by atoms with Gasteiger partial charge in [0.05, 0.1) is 6.07 Å². The standard InChI is InChI=1S/C10H15N/c1-10(2)5-7-3-9(10)4-8(7)6-11/h7-9H,3-5H2,1-2H3. The normalized spacial score (nSPS) is 45.7. The van der Waals surface area contributed by atoms with Crippen molar-refractivity contribution in [2.45, 2.75) is 33.1 Å². The molecule has 60 valence electrons. The summed E-state index contributed by atoms with van der Waals surface area (Å²) in [5.41, 5.74) is 0.540. The monoisotopic (exact) mass is 149 g/mol. The summed E-state index contributed by atoms with van der Waals surface area (Å²) in [5.74, 6) is 1.98. The van der Waals surface area contributed by atoms with Gasteiger partial charge in [0.15, 0.2) is 0 Å². The summed E-state index contributed by atoms with van der Waals surface area (Å²) in [6.07, 6.45) is 3.79. The molecule has 0 saturated heterocycles. The maximum Gasteiger partial charge on any atom is 0.0658 e. The van der Waals surface area contributed by atoms with Crippen molar-refractivity contribution in [3.8, 4) is 6.07 Å². The van der Waals surface area contributed by atoms with Crippen LogP contribution < -0.4 is 0 Å². The van der Waals surface area contributed by atoms with Gasteiger partial charge in [-0.05, 0) is 36.5 Å². The van der Waals surface area contributed by atoms with Crippen LogP contribution in [0.15, 0.2) is 0 Å². The van der Waals surface area contributed by atoms with E-state index in [-0.39, 0.29) is 0 Å². The number of nitriles is 1. The molecule has 0 aromatic carbocycles. The fourth-order valence-electron chi connectivity index (χ4n) is 2.99. The third kappa shape index (κ3) is 0.888. The summed E-state index contributed by atoms with van der Waals surface area (Å²) >= 11 is 0. The van der Waals surface area contributed by atoms with Crippen molar-refractivity contribution in [3.05, 3.63) is 0 Å². The van der Waals surface area contributed by atoms with Gasteiger partial charge in [0.2, 0.25) is 0 Å². The van der Waals surface area contributed by atoms with Crippen LogP contribution in [0.4, 0.5) is 0 Å². The Bertz CT molecular complexity index is 211. The van der Waals surface area contributed by atoms with E-state index in [1.165, 1.54) is 19.3 Å². The lowest BCUT2D eigenvalue weighted by molar-refractivity contribution is 0.194. The SMILES string of the molecule is CC1(C)CC2CC1CC2C#N. The Balaban J connectivity index is 2.16. The Morgan fingerprint density at radius 2 is 2.09 bits per heavy atom. The molecule has 1 heteroatoms. The Labute approximate surface area is 68.4 Å². The van der Waals surface area contributed by atoms with Gasteiger partial charge in [-0.1, -0.05) is 13.8 Å². The van der Waals surface area contributed by atoms with E-state index in [1.807, 2.05) is 0 Å². The van der Waals surface area contributed by atoms with E-state index in [0.717, 1.165) is 11.8 Å². The van der Waals surface area contributed by atoms with Gasteiger partial charge in [-0.25, -0.2) is 0 Å². The highest BCUT2D eigenvalue weighted by Crippen LogP contribution is 2.57. The van der Waals surface area contributed by atoms with E-state index in [2.05, 4.69) is 19.9 Å². The van der Waals surface area contributed by atoms with E-state index in [4.69, 9.17) is 5.26 Å². The van der Waals surface area contributed by atoms with Crippen molar-refractivity contribution < 1.29 is 0 Å². The van der Waals surface area contributed by atoms with Crippen LogP contribution in [-0.4, -0.2) is 0 Å². The first kappa shape index (κ1) is 7.16. The molecule has 2 rings (SSSR count). The summed E-state index contributed by atoms with van der Waals surface area (Å²) in [5, 5.41) is 8.81. The molecule has 3 atom stereocenters. The number of fused-ring (bicyclic) bond motifs is 2. The molecule has 0 aromatic rings. The number of hydrogen-bond acceptors (Lipinski definition) is 1. The summed E-state index contributed by atoms with van der Waals surface area (Å²) in [6.45, 7) is 4.70. The summed E-state index contributed by atoms with van der Waals surface area (Å²) < 4.78 is 0. The summed E-state index contributed by atoms with van der Waals surface area (Å²) in [6, 6.07) is 2.43. The average molecular weight is 149 g/mol. The molecule has 0 aromatic heterocycles. The maximum absolute atomic E-state index is 8.81. The van der Waals surface area contributed by atoms with Crippen molar-refractivity contribution in [2.75, 3.05) is 0 Å². The van der Waals surface area contributed by atoms with Gasteiger partial charge in [-0.2, -0.15) is 5.26 Å². The molecular formula is C10H15N. The molecule has 0 heterocycles. The molecule has 2 fully saturated rings. The van der Waals surface area contributed by atoms with Crippen LogP contribution in [0.2, 0.25) is 0 Å². The highest BCUT2D eigenvalue weighted by atomic mass is 14.5. The lowest BCUT2D eigenvalue weighted by Gasteiger charge is -2.31. The van der Waals surface area contributed by atoms with E-state index in [1.54, 1.807) is 0 Å². The van der Waals surface area contributed by atoms with Gasteiger partial charge in [0.1, 0.15) is 0 Å². The number of hydrogen-bond donors (Lipinski definition) is 0. The van der Waals surface area contributed by atoms with Crippen LogP contribution in [-0.2, 0) is 0 Å². The Morgan fingerprint density at radius 3 is 2.45 bits per heavy atom. The summed E-state index contributed by atoms with van der Waals surface area (Å²) in [7, 11) is 0. The lowest BCUT2D eigenvalue weighted by atomic mass is 9.73. The van der Waals surface area contributed by atoms with Crippen molar-refractivity contribution in [1.29, 1.82) is 5.26 Å². The predicted octanol–water partition coefficient (Wildman–Crippen LogP) is 2.58. The fraction of sp³-hybridized carbons (Fsp3) is 0.900. The molecule has 2 aliphatic rings. The zero-order chi connectivity index (χ0) is 8.06. The number of nitrogens with zero attached hydrogens (tertiary/aromatic N) is 1. The highest BCUT2D eigenvalue weighted by Gasteiger charge is 2.49. The topological polar surface area (TPSA) is 23.8 Å². The second kappa shape index (κ2) is 2.00. The third-order valence-corrected chi connectivity index (χ3v) is 3.75. The first-order chi connectivity index (χ1) is 5.13. The van der Waals surface area contributed by atoms with Gasteiger partial charge in [0, 0.05) is 5.92 Å². The minimum absolute atomic E-state index is 0.396. The van der Waals surface area contributed by atoms with Gasteiger partial charge < -0.3 is 0 Å². The second-order valence-electron chi connectivity index (χ2n) is 4.86. The van der Waals surface area contributed by atoms with Gasteiger partial charge in [0.25, 0.3) is 0 Å². The van der Waals surface area contributed by atoms with Crippen LogP contribution in [0, 0.1) is 34.5 Å². The van der Waals surface area contributed by atoms with Gasteiger partial charge >= 0.3 is 0 Å². The second-order valence-corrected chi connectivity index (χ2v) is 4.86. The quantitative estimate of drug-likeness (QED) is 0.519. The predicted molar refractivity (Wildman–Crippen MR) is 43.7 cm³/mol. The van der Waals surface area contributed by atoms with E-state index in [9.17, 15) is 0 Å². The molecular weight excluding hydrogens is 134 g/mol. The molecule has 3 unspecified atom stereocenters. The molecule has 2 aliphatic carbocycles. The largest absolute Gasteiger partial charge is 0.198 e. The van der Waals surface area contributed by atoms with E-state index in [0.29, 0.717) is 11.3 Å². The van der Waals surface area contributed by atoms with Crippen LogP contribution in [0.3, 0.4) is 0 Å². The zero-order valence-electron chi connectivity index (χ0n) is 7.30. The van der Waals surface area contributed by atoms with Crippen molar-refractivity contribution in [3.63, 3.8) is 0 Å². The van der Waals surface area contributed by atoms with Crippen molar-refractivity contribution in [2.24, 2.45) is 23.2 Å². The summed E-state index contributed by atoms with van der Waals surface area (Å²) in [4.78, 5) is 0. The molecule has 0 N–H and O–H groups in total. The molecule has 0 amide bonds. The maximum atomic E-state index is 8.81. The zero-order valence-corrected chi connectivity index (χ0v) is 7.30. The Morgan fingerprint density at radius 1 is 1.36 bits per heavy atom. The molecule has 2 bridgehead atoms. The van der Waals surface area contributed by atoms with Crippen LogP contribution in [0.1, 0.15) is 33.1 Å². The van der Waals surface area contributed by atoms with Gasteiger partial charge in [-0.15, -0.1) is 0 Å². The molecule has 0 aliphatic heterocycles. The van der Waals surface area contributed by atoms with Crippen molar-refractivity contribution in [1.82, 2.24) is 0 Å². The first-order valence-electron chi connectivity index (χ1n) is 4.53. The molecule has 0 spiro atoms.